The molecule has 0 saturated carbocycles. The second-order valence-electron chi connectivity index (χ2n) is 4.43. The molecule has 2 aromatic rings. The van der Waals surface area contributed by atoms with Crippen molar-refractivity contribution in [1.82, 2.24) is 9.97 Å². The monoisotopic (exact) mass is 284 g/mol. The number of rotatable bonds is 4. The van der Waals surface area contributed by atoms with Crippen molar-refractivity contribution in [2.24, 2.45) is 0 Å². The number of aryl methyl sites for hydroxylation is 1. The highest BCUT2D eigenvalue weighted by Gasteiger charge is 2.29. The first kappa shape index (κ1) is 13.7. The lowest BCUT2D eigenvalue weighted by Gasteiger charge is -2.26. The van der Waals surface area contributed by atoms with Crippen LogP contribution in [-0.4, -0.2) is 16.6 Å². The van der Waals surface area contributed by atoms with Crippen LogP contribution in [0.3, 0.4) is 0 Å². The van der Waals surface area contributed by atoms with Crippen molar-refractivity contribution in [1.29, 1.82) is 0 Å². The largest absolute Gasteiger partial charge is 0.368 e. The minimum Gasteiger partial charge on any atom is -0.368 e. The fourth-order valence-electron chi connectivity index (χ4n) is 1.89. The Morgan fingerprint density at radius 3 is 2.72 bits per heavy atom. The van der Waals surface area contributed by atoms with Crippen LogP contribution >= 0.6 is 22.9 Å². The first-order chi connectivity index (χ1) is 8.50. The number of aromatic nitrogens is 2. The second kappa shape index (κ2) is 5.11. The highest BCUT2D eigenvalue weighted by Crippen LogP contribution is 2.33. The van der Waals surface area contributed by atoms with E-state index in [4.69, 9.17) is 16.3 Å². The maximum atomic E-state index is 6.24. The molecule has 1 atom stereocenters. The van der Waals surface area contributed by atoms with Gasteiger partial charge >= 0.3 is 0 Å². The summed E-state index contributed by atoms with van der Waals surface area (Å²) in [7, 11) is 0. The number of fused-ring (bicyclic) bond motifs is 1. The van der Waals surface area contributed by atoms with Crippen molar-refractivity contribution in [3.05, 3.63) is 21.9 Å². The van der Waals surface area contributed by atoms with Crippen molar-refractivity contribution >= 4 is 33.2 Å². The van der Waals surface area contributed by atoms with E-state index in [0.29, 0.717) is 17.6 Å². The minimum atomic E-state index is -0.468. The van der Waals surface area contributed by atoms with Crippen LogP contribution in [0.4, 0.5) is 0 Å². The Morgan fingerprint density at radius 2 is 2.11 bits per heavy atom. The van der Waals surface area contributed by atoms with Crippen molar-refractivity contribution in [3.8, 4) is 0 Å². The van der Waals surface area contributed by atoms with Crippen LogP contribution in [0.1, 0.15) is 37.9 Å². The minimum absolute atomic E-state index is 0.468. The number of halogens is 1. The number of hydrogen-bond donors (Lipinski definition) is 0. The van der Waals surface area contributed by atoms with E-state index in [-0.39, 0.29) is 0 Å². The lowest BCUT2D eigenvalue weighted by atomic mass is 10.0. The van der Waals surface area contributed by atoms with Crippen molar-refractivity contribution in [2.45, 2.75) is 39.7 Å². The SMILES string of the molecule is CCOC(C)(CC)c1nc(Cl)c2cc(C)sc2n1. The molecule has 2 rings (SSSR count). The third kappa shape index (κ3) is 2.37. The normalized spacial score (nSPS) is 14.9. The van der Waals surface area contributed by atoms with E-state index < -0.39 is 5.60 Å². The Kier molecular flexibility index (Phi) is 3.90. The summed E-state index contributed by atoms with van der Waals surface area (Å²) in [6.45, 7) is 8.73. The Hall–Kier alpha value is -0.710. The van der Waals surface area contributed by atoms with Crippen LogP contribution in [0.2, 0.25) is 5.15 Å². The Balaban J connectivity index is 2.57. The average Bonchev–Trinajstić information content (AvgIpc) is 2.70. The van der Waals surface area contributed by atoms with Gasteiger partial charge in [-0.25, -0.2) is 9.97 Å². The molecular weight excluding hydrogens is 268 g/mol. The molecule has 0 aliphatic heterocycles. The molecule has 0 fully saturated rings. The quantitative estimate of drug-likeness (QED) is 0.785. The molecule has 2 aromatic heterocycles. The summed E-state index contributed by atoms with van der Waals surface area (Å²) in [6.07, 6.45) is 0.813. The lowest BCUT2D eigenvalue weighted by molar-refractivity contribution is -0.0387. The van der Waals surface area contributed by atoms with Gasteiger partial charge < -0.3 is 4.74 Å². The summed E-state index contributed by atoms with van der Waals surface area (Å²) in [5.41, 5.74) is -0.468. The highest BCUT2D eigenvalue weighted by atomic mass is 35.5. The molecule has 1 unspecified atom stereocenters. The summed E-state index contributed by atoms with van der Waals surface area (Å²) in [5, 5.41) is 1.44. The zero-order chi connectivity index (χ0) is 13.3. The summed E-state index contributed by atoms with van der Waals surface area (Å²) in [5.74, 6) is 0.672. The van der Waals surface area contributed by atoms with Gasteiger partial charge in [0.05, 0.1) is 0 Å². The van der Waals surface area contributed by atoms with E-state index in [1.165, 1.54) is 4.88 Å². The van der Waals surface area contributed by atoms with Gasteiger partial charge in [0.2, 0.25) is 0 Å². The fourth-order valence-corrected chi connectivity index (χ4v) is 3.05. The van der Waals surface area contributed by atoms with Gasteiger partial charge in [-0.3, -0.25) is 0 Å². The standard InChI is InChI=1S/C13H17ClN2OS/c1-5-13(4,17-6-2)12-15-10(14)9-7-8(3)18-11(9)16-12/h7H,5-6H2,1-4H3. The Labute approximate surface area is 116 Å². The maximum Gasteiger partial charge on any atom is 0.163 e. The Morgan fingerprint density at radius 1 is 1.39 bits per heavy atom. The van der Waals surface area contributed by atoms with Gasteiger partial charge in [-0.2, -0.15) is 0 Å². The number of ether oxygens (including phenoxy) is 1. The zero-order valence-electron chi connectivity index (χ0n) is 11.1. The summed E-state index contributed by atoms with van der Waals surface area (Å²) in [6, 6.07) is 2.02. The average molecular weight is 285 g/mol. The molecule has 0 aromatic carbocycles. The number of thiophene rings is 1. The van der Waals surface area contributed by atoms with E-state index in [1.54, 1.807) is 11.3 Å². The van der Waals surface area contributed by atoms with E-state index in [2.05, 4.69) is 16.9 Å². The van der Waals surface area contributed by atoms with Gasteiger partial charge in [0.15, 0.2) is 5.82 Å². The second-order valence-corrected chi connectivity index (χ2v) is 6.02. The molecule has 18 heavy (non-hydrogen) atoms. The molecule has 98 valence electrons. The van der Waals surface area contributed by atoms with E-state index >= 15 is 0 Å². The van der Waals surface area contributed by atoms with Crippen LogP contribution in [0.25, 0.3) is 10.2 Å². The van der Waals surface area contributed by atoms with Gasteiger partial charge in [-0.1, -0.05) is 18.5 Å². The lowest BCUT2D eigenvalue weighted by Crippen LogP contribution is -2.27. The first-order valence-electron chi connectivity index (χ1n) is 6.08. The van der Waals surface area contributed by atoms with Crippen molar-refractivity contribution in [2.75, 3.05) is 6.61 Å². The van der Waals surface area contributed by atoms with Gasteiger partial charge in [0.1, 0.15) is 15.6 Å². The van der Waals surface area contributed by atoms with Crippen molar-refractivity contribution in [3.63, 3.8) is 0 Å². The molecule has 5 heteroatoms. The molecular formula is C13H17ClN2OS. The van der Waals surface area contributed by atoms with Gasteiger partial charge in [-0.05, 0) is 33.3 Å². The number of nitrogens with zero attached hydrogens (tertiary/aromatic N) is 2. The molecule has 0 N–H and O–H groups in total. The molecule has 3 nitrogen and oxygen atoms in total. The van der Waals surface area contributed by atoms with Gasteiger partial charge in [0, 0.05) is 16.9 Å². The van der Waals surface area contributed by atoms with Gasteiger partial charge in [0.25, 0.3) is 0 Å². The molecule has 0 saturated heterocycles. The summed E-state index contributed by atoms with van der Waals surface area (Å²) >= 11 is 7.87. The van der Waals surface area contributed by atoms with E-state index in [0.717, 1.165) is 16.6 Å². The van der Waals surface area contributed by atoms with Crippen LogP contribution in [-0.2, 0) is 10.3 Å². The maximum absolute atomic E-state index is 6.24. The fraction of sp³-hybridized carbons (Fsp3) is 0.538. The molecule has 0 amide bonds. The smallest absolute Gasteiger partial charge is 0.163 e. The predicted molar refractivity (Wildman–Crippen MR) is 76.4 cm³/mol. The summed E-state index contributed by atoms with van der Waals surface area (Å²) in [4.78, 5) is 11.1. The van der Waals surface area contributed by atoms with Crippen LogP contribution in [0.5, 0.6) is 0 Å². The number of hydrogen-bond acceptors (Lipinski definition) is 4. The van der Waals surface area contributed by atoms with E-state index in [1.807, 2.05) is 26.8 Å². The third-order valence-corrected chi connectivity index (χ3v) is 4.31. The topological polar surface area (TPSA) is 35.0 Å². The molecule has 0 bridgehead atoms. The van der Waals surface area contributed by atoms with Crippen molar-refractivity contribution < 1.29 is 4.74 Å². The first-order valence-corrected chi connectivity index (χ1v) is 7.27. The predicted octanol–water partition coefficient (Wildman–Crippen LogP) is 4.31. The Bertz CT molecular complexity index is 569. The highest BCUT2D eigenvalue weighted by molar-refractivity contribution is 7.18. The van der Waals surface area contributed by atoms with E-state index in [9.17, 15) is 0 Å². The van der Waals surface area contributed by atoms with Gasteiger partial charge in [-0.15, -0.1) is 11.3 Å². The third-order valence-electron chi connectivity index (χ3n) is 3.08. The molecule has 2 heterocycles. The summed E-state index contributed by atoms with van der Waals surface area (Å²) < 4.78 is 5.80. The van der Waals surface area contributed by atoms with Crippen LogP contribution in [0.15, 0.2) is 6.07 Å². The van der Waals surface area contributed by atoms with Crippen LogP contribution < -0.4 is 0 Å². The van der Waals surface area contributed by atoms with Crippen LogP contribution in [0, 0.1) is 6.92 Å². The molecule has 0 radical (unpaired) electrons. The molecule has 0 spiro atoms. The molecule has 0 aliphatic rings. The zero-order valence-corrected chi connectivity index (χ0v) is 12.7. The molecule has 0 aliphatic carbocycles.